The van der Waals surface area contributed by atoms with Crippen LogP contribution in [-0.4, -0.2) is 53.2 Å². The number of carbonyl (C=O) groups is 3. The second-order valence-electron chi connectivity index (χ2n) is 8.31. The summed E-state index contributed by atoms with van der Waals surface area (Å²) in [6.45, 7) is 2.48. The number of carboxylic acids is 1. The third-order valence-corrected chi connectivity index (χ3v) is 6.37. The van der Waals surface area contributed by atoms with Crippen molar-refractivity contribution in [3.63, 3.8) is 0 Å². The van der Waals surface area contributed by atoms with Crippen LogP contribution in [-0.2, 0) is 14.3 Å². The molecule has 2 amide bonds. The van der Waals surface area contributed by atoms with Gasteiger partial charge >= 0.3 is 12.1 Å². The number of carboxylic acid groups (broad SMARTS) is 1. The van der Waals surface area contributed by atoms with Gasteiger partial charge in [0.05, 0.1) is 12.0 Å². The molecule has 0 spiro atoms. The Hall–Kier alpha value is -3.35. The standard InChI is InChI=1S/C24H26N2O5/c1-16(27)26-12-10-24(11-13-26,14-22(28)29)25-23(30)31-15-21-19-8-4-2-6-17(19)18-7-3-5-9-20(18)21/h2-9,21H,10-15H2,1H3,(H,25,30)(H,28,29). The fourth-order valence-corrected chi connectivity index (χ4v) is 4.74. The first-order chi connectivity index (χ1) is 14.9. The summed E-state index contributed by atoms with van der Waals surface area (Å²) in [5.74, 6) is -1.10. The molecule has 2 aromatic carbocycles. The zero-order valence-electron chi connectivity index (χ0n) is 17.5. The number of fused-ring (bicyclic) bond motifs is 3. The molecule has 0 unspecified atom stereocenters. The van der Waals surface area contributed by atoms with Gasteiger partial charge < -0.3 is 20.1 Å². The monoisotopic (exact) mass is 422 g/mol. The highest BCUT2D eigenvalue weighted by molar-refractivity contribution is 5.79. The van der Waals surface area contributed by atoms with Gasteiger partial charge in [0.2, 0.25) is 5.91 Å². The first kappa shape index (κ1) is 20.9. The summed E-state index contributed by atoms with van der Waals surface area (Å²) >= 11 is 0. The summed E-state index contributed by atoms with van der Waals surface area (Å²) in [5.41, 5.74) is 3.61. The van der Waals surface area contributed by atoms with E-state index in [4.69, 9.17) is 4.74 Å². The van der Waals surface area contributed by atoms with E-state index in [0.29, 0.717) is 25.9 Å². The molecule has 0 bridgehead atoms. The third kappa shape index (κ3) is 4.26. The Morgan fingerprint density at radius 2 is 1.58 bits per heavy atom. The van der Waals surface area contributed by atoms with Crippen LogP contribution in [0.2, 0.25) is 0 Å². The van der Waals surface area contributed by atoms with E-state index in [1.165, 1.54) is 6.92 Å². The molecule has 7 nitrogen and oxygen atoms in total. The molecular formula is C24H26N2O5. The van der Waals surface area contributed by atoms with E-state index in [-0.39, 0.29) is 24.9 Å². The molecule has 7 heteroatoms. The number of piperidine rings is 1. The van der Waals surface area contributed by atoms with E-state index < -0.39 is 17.6 Å². The summed E-state index contributed by atoms with van der Waals surface area (Å²) in [4.78, 5) is 37.4. The molecule has 1 saturated heterocycles. The van der Waals surface area contributed by atoms with Gasteiger partial charge in [-0.1, -0.05) is 48.5 Å². The zero-order chi connectivity index (χ0) is 22.0. The van der Waals surface area contributed by atoms with E-state index in [1.54, 1.807) is 4.90 Å². The Balaban J connectivity index is 1.45. The zero-order valence-corrected chi connectivity index (χ0v) is 17.5. The maximum atomic E-state index is 12.7. The van der Waals surface area contributed by atoms with Crippen LogP contribution in [0, 0.1) is 0 Å². The van der Waals surface area contributed by atoms with Gasteiger partial charge in [-0.3, -0.25) is 9.59 Å². The van der Waals surface area contributed by atoms with Gasteiger partial charge in [0.15, 0.2) is 0 Å². The summed E-state index contributed by atoms with van der Waals surface area (Å²) in [6.07, 6.45) is -0.0749. The molecule has 2 aliphatic rings. The normalized spacial score (nSPS) is 16.9. The quantitative estimate of drug-likeness (QED) is 0.770. The lowest BCUT2D eigenvalue weighted by Crippen LogP contribution is -2.57. The summed E-state index contributed by atoms with van der Waals surface area (Å²) in [5, 5.41) is 12.2. The first-order valence-corrected chi connectivity index (χ1v) is 10.5. The SMILES string of the molecule is CC(=O)N1CCC(CC(=O)O)(NC(=O)OCC2c3ccccc3-c3ccccc32)CC1. The molecule has 0 atom stereocenters. The van der Waals surface area contributed by atoms with Crippen molar-refractivity contribution in [2.45, 2.75) is 37.6 Å². The highest BCUT2D eigenvalue weighted by Crippen LogP contribution is 2.44. The van der Waals surface area contributed by atoms with E-state index in [0.717, 1.165) is 22.3 Å². The summed E-state index contributed by atoms with van der Waals surface area (Å²) in [6, 6.07) is 16.2. The largest absolute Gasteiger partial charge is 0.481 e. The second kappa shape index (κ2) is 8.41. The Morgan fingerprint density at radius 3 is 2.10 bits per heavy atom. The van der Waals surface area contributed by atoms with Gasteiger partial charge in [-0.05, 0) is 35.1 Å². The smallest absolute Gasteiger partial charge is 0.407 e. The van der Waals surface area contributed by atoms with Crippen LogP contribution in [0.1, 0.15) is 43.2 Å². The maximum Gasteiger partial charge on any atom is 0.407 e. The third-order valence-electron chi connectivity index (χ3n) is 6.37. The molecular weight excluding hydrogens is 396 g/mol. The molecule has 0 saturated carbocycles. The highest BCUT2D eigenvalue weighted by Gasteiger charge is 2.39. The number of hydrogen-bond acceptors (Lipinski definition) is 4. The molecule has 31 heavy (non-hydrogen) atoms. The second-order valence-corrected chi connectivity index (χ2v) is 8.31. The lowest BCUT2D eigenvalue weighted by molar-refractivity contribution is -0.139. The van der Waals surface area contributed by atoms with E-state index >= 15 is 0 Å². The number of likely N-dealkylation sites (tertiary alicyclic amines) is 1. The highest BCUT2D eigenvalue weighted by atomic mass is 16.5. The number of amides is 2. The Bertz CT molecular complexity index is 965. The number of ether oxygens (including phenoxy) is 1. The van der Waals surface area contributed by atoms with Crippen molar-refractivity contribution in [1.82, 2.24) is 10.2 Å². The van der Waals surface area contributed by atoms with Gasteiger partial charge in [0.25, 0.3) is 0 Å². The number of hydrogen-bond donors (Lipinski definition) is 2. The molecule has 162 valence electrons. The van der Waals surface area contributed by atoms with Gasteiger partial charge in [0.1, 0.15) is 6.61 Å². The van der Waals surface area contributed by atoms with E-state index in [9.17, 15) is 19.5 Å². The van der Waals surface area contributed by atoms with Crippen LogP contribution in [0.3, 0.4) is 0 Å². The van der Waals surface area contributed by atoms with E-state index in [1.807, 2.05) is 36.4 Å². The Morgan fingerprint density at radius 1 is 1.03 bits per heavy atom. The molecule has 2 aromatic rings. The number of aliphatic carboxylic acids is 1. The molecule has 1 aliphatic carbocycles. The van der Waals surface area contributed by atoms with Crippen LogP contribution in [0.15, 0.2) is 48.5 Å². The molecule has 1 aliphatic heterocycles. The van der Waals surface area contributed by atoms with Crippen molar-refractivity contribution in [2.24, 2.45) is 0 Å². The lowest BCUT2D eigenvalue weighted by Gasteiger charge is -2.41. The minimum atomic E-state index is -0.991. The minimum Gasteiger partial charge on any atom is -0.481 e. The van der Waals surface area contributed by atoms with Crippen LogP contribution in [0.5, 0.6) is 0 Å². The topological polar surface area (TPSA) is 95.9 Å². The molecule has 0 aromatic heterocycles. The van der Waals surface area contributed by atoms with Crippen LogP contribution in [0.25, 0.3) is 11.1 Å². The van der Waals surface area contributed by atoms with Crippen molar-refractivity contribution >= 4 is 18.0 Å². The summed E-state index contributed by atoms with van der Waals surface area (Å²) < 4.78 is 5.60. The van der Waals surface area contributed by atoms with Crippen LogP contribution >= 0.6 is 0 Å². The van der Waals surface area contributed by atoms with Crippen LogP contribution in [0.4, 0.5) is 4.79 Å². The minimum absolute atomic E-state index is 0.0509. The molecule has 2 N–H and O–H groups in total. The van der Waals surface area contributed by atoms with Crippen molar-refractivity contribution in [2.75, 3.05) is 19.7 Å². The lowest BCUT2D eigenvalue weighted by atomic mass is 9.84. The average molecular weight is 422 g/mol. The molecule has 1 fully saturated rings. The summed E-state index contributed by atoms with van der Waals surface area (Å²) in [7, 11) is 0. The average Bonchev–Trinajstić information content (AvgIpc) is 3.06. The van der Waals surface area contributed by atoms with Gasteiger partial charge in [-0.2, -0.15) is 0 Å². The Labute approximate surface area is 181 Å². The predicted molar refractivity (Wildman–Crippen MR) is 115 cm³/mol. The van der Waals surface area contributed by atoms with Crippen molar-refractivity contribution in [3.05, 3.63) is 59.7 Å². The fraction of sp³-hybridized carbons (Fsp3) is 0.375. The number of nitrogens with zero attached hydrogens (tertiary/aromatic N) is 1. The van der Waals surface area contributed by atoms with Gasteiger partial charge in [-0.15, -0.1) is 0 Å². The van der Waals surface area contributed by atoms with Crippen LogP contribution < -0.4 is 5.32 Å². The number of rotatable bonds is 5. The first-order valence-electron chi connectivity index (χ1n) is 10.5. The number of nitrogens with one attached hydrogen (secondary N) is 1. The number of benzene rings is 2. The molecule has 4 rings (SSSR count). The van der Waals surface area contributed by atoms with Gasteiger partial charge in [-0.25, -0.2) is 4.79 Å². The van der Waals surface area contributed by atoms with Crippen molar-refractivity contribution in [1.29, 1.82) is 0 Å². The molecule has 0 radical (unpaired) electrons. The number of carbonyl (C=O) groups excluding carboxylic acids is 2. The van der Waals surface area contributed by atoms with Crippen molar-refractivity contribution < 1.29 is 24.2 Å². The molecule has 1 heterocycles. The van der Waals surface area contributed by atoms with E-state index in [2.05, 4.69) is 17.4 Å². The number of alkyl carbamates (subject to hydrolysis) is 1. The van der Waals surface area contributed by atoms with Gasteiger partial charge in [0, 0.05) is 25.9 Å². The fourth-order valence-electron chi connectivity index (χ4n) is 4.74. The maximum absolute atomic E-state index is 12.7. The van der Waals surface area contributed by atoms with Crippen molar-refractivity contribution in [3.8, 4) is 11.1 Å². The Kier molecular flexibility index (Phi) is 5.67. The predicted octanol–water partition coefficient (Wildman–Crippen LogP) is 3.38.